The summed E-state index contributed by atoms with van der Waals surface area (Å²) in [5.74, 6) is 7.02. The molecule has 0 aliphatic carbocycles. The zero-order valence-corrected chi connectivity index (χ0v) is 61.2. The number of nitrogens with zero attached hydrogens (tertiary/aromatic N) is 18. The van der Waals surface area contributed by atoms with Crippen LogP contribution in [0.2, 0.25) is 19.6 Å². The quantitative estimate of drug-likeness (QED) is 0.0161. The number of hydrogen-bond acceptors (Lipinski definition) is 20. The molecule has 0 fully saturated rings. The van der Waals surface area contributed by atoms with E-state index in [2.05, 4.69) is 94.8 Å². The Hall–Kier alpha value is -6.96. The molecule has 0 aliphatic rings. The molecule has 1 amide bonds. The molecule has 0 saturated heterocycles. The van der Waals surface area contributed by atoms with Gasteiger partial charge in [0.1, 0.15) is 42.5 Å². The summed E-state index contributed by atoms with van der Waals surface area (Å²) in [4.78, 5) is 52.7. The van der Waals surface area contributed by atoms with E-state index in [1.54, 1.807) is 59.6 Å². The number of amides is 1. The number of aliphatic imine (C=N–C) groups is 1. The number of nitrogens with two attached hydrogens (primary N) is 4. The molecule has 0 saturated carbocycles. The van der Waals surface area contributed by atoms with Crippen LogP contribution in [-0.2, 0) is 9.59 Å². The van der Waals surface area contributed by atoms with Gasteiger partial charge in [0.25, 0.3) is 0 Å². The summed E-state index contributed by atoms with van der Waals surface area (Å²) < 4.78 is 3.16. The van der Waals surface area contributed by atoms with Crippen LogP contribution in [0.3, 0.4) is 0 Å². The van der Waals surface area contributed by atoms with Crippen molar-refractivity contribution in [1.82, 2.24) is 70.3 Å². The first kappa shape index (κ1) is 87.1. The molecule has 8 aromatic heterocycles. The van der Waals surface area contributed by atoms with Gasteiger partial charge in [-0.15, -0.1) is 15.0 Å². The molecule has 0 bridgehead atoms. The van der Waals surface area contributed by atoms with Crippen LogP contribution in [0.15, 0.2) is 119 Å². The molecular weight excluding hydrogens is 1360 g/mol. The van der Waals surface area contributed by atoms with E-state index in [4.69, 9.17) is 108 Å². The Morgan fingerprint density at radius 2 is 0.891 bits per heavy atom. The van der Waals surface area contributed by atoms with Crippen molar-refractivity contribution in [3.8, 4) is 11.6 Å². The maximum Gasteiger partial charge on any atom is 0.125 e. The number of azide groups is 1. The zero-order valence-electron chi connectivity index (χ0n) is 54.0. The second kappa shape index (κ2) is 43.8. The van der Waals surface area contributed by atoms with Gasteiger partial charge in [-0.2, -0.15) is 9.36 Å². The van der Waals surface area contributed by atoms with Gasteiger partial charge >= 0.3 is 59.6 Å². The maximum absolute atomic E-state index is 11.3. The van der Waals surface area contributed by atoms with E-state index >= 15 is 0 Å². The van der Waals surface area contributed by atoms with E-state index in [0.717, 1.165) is 40.2 Å². The Bertz CT molecular complexity index is 3350. The zero-order chi connectivity index (χ0) is 69.8. The number of tetrazole rings is 2. The SMILES string of the molecule is C.CC(C)C(=O)Cl.CC(C)c1nnnn1-c1cccc(N)n1.C[Si](C)(C)N=[N+]=[N-].Cc1cccc(-n2nnnc2C(C)C)n1.Cc1cccc(N)n1.Cc1cccc(N=C(Cl)C(C)C)n1.Cc1cccc(NC(=O)C(C)C)n1.ClP(Cl)(Cl)(Cl)Cl.Nc1cccc(N)n1. The van der Waals surface area contributed by atoms with E-state index < -0.39 is 11.6 Å². The molecule has 504 valence electrons. The topological polar surface area (TPSA) is 376 Å². The fourth-order valence-electron chi connectivity index (χ4n) is 5.52. The van der Waals surface area contributed by atoms with Gasteiger partial charge in [0.05, 0.1) is 0 Å². The van der Waals surface area contributed by atoms with Crippen LogP contribution in [0.4, 0.5) is 34.9 Å². The number of pyridine rings is 6. The fraction of sp³-hybridized carbons (Fsp3) is 0.397. The van der Waals surface area contributed by atoms with Gasteiger partial charge in [-0.1, -0.05) is 144 Å². The molecule has 0 aliphatic heterocycles. The number of rotatable bonds is 10. The van der Waals surface area contributed by atoms with E-state index in [1.165, 1.54) is 0 Å². The summed E-state index contributed by atoms with van der Waals surface area (Å²) in [7, 11) is -1.45. The summed E-state index contributed by atoms with van der Waals surface area (Å²) in [5.41, 5.74) is 33.2. The van der Waals surface area contributed by atoms with Crippen molar-refractivity contribution < 1.29 is 9.59 Å². The fourth-order valence-corrected chi connectivity index (χ4v) is 5.87. The van der Waals surface area contributed by atoms with Crippen LogP contribution in [0.1, 0.15) is 123 Å². The number of anilines is 5. The second-order valence-electron chi connectivity index (χ2n) is 21.4. The first-order valence-corrected chi connectivity index (χ1v) is 38.7. The maximum atomic E-state index is 11.3. The van der Waals surface area contributed by atoms with Gasteiger partial charge in [-0.05, 0) is 143 Å². The number of nitrogen functional groups attached to an aromatic ring is 4. The van der Waals surface area contributed by atoms with Crippen molar-refractivity contribution in [2.24, 2.45) is 27.5 Å². The smallest absolute Gasteiger partial charge is 0.125 e. The number of carbonyl (C=O) groups is 2. The van der Waals surface area contributed by atoms with Gasteiger partial charge in [0, 0.05) is 52.4 Å². The largest absolute Gasteiger partial charge is 0.384 e. The molecule has 8 aromatic rings. The van der Waals surface area contributed by atoms with Gasteiger partial charge in [-0.3, -0.25) is 9.59 Å². The summed E-state index contributed by atoms with van der Waals surface area (Å²) in [6, 6.07) is 33.1. The number of halogens is 7. The first-order valence-electron chi connectivity index (χ1n) is 27.8. The molecule has 0 radical (unpaired) electrons. The van der Waals surface area contributed by atoms with Crippen LogP contribution >= 0.6 is 82.8 Å². The number of hydrogen-bond donors (Lipinski definition) is 5. The van der Waals surface area contributed by atoms with Crippen molar-refractivity contribution in [2.45, 2.75) is 136 Å². The standard InChI is InChI=1S/C10H13ClN2.C10H13N5.C10H14N2O.C9H12N6.C6H8N2.C5H7N3.C4H7ClO.C3H9N3Si.CH4.Cl5P/c1-7(2)10(11)13-9-6-4-5-8(3)12-9;1-7(2)10-12-13-14-15(10)9-6-4-5-8(3)11-9;1-7(2)10(13)12-9-6-4-5-8(3)11-9;1-6(2)9-12-13-14-15(9)8-5-3-4-7(10)11-8;1-5-3-2-4-6(7)8-5;6-4-2-1-3-5(7)8-4;1-3(2)4(5)6;1-7(2,3)6-5-4;;1-6(2,3,4)5/h4-7H,1-3H3;4-7H,1-3H3;4-7H,1-3H3,(H,11,12,13);3-6H,1-2H3,(H2,10,11);2-4H,1H3,(H2,7,8);1-3H,(H4,6,7,8);3H,1-2H3;1-3H3;1H4;. The van der Waals surface area contributed by atoms with Crippen LogP contribution in [0.5, 0.6) is 0 Å². The van der Waals surface area contributed by atoms with Crippen molar-refractivity contribution in [2.75, 3.05) is 28.3 Å². The second-order valence-corrected chi connectivity index (χ2v) is 43.4. The molecule has 25 nitrogen and oxygen atoms in total. The summed E-state index contributed by atoms with van der Waals surface area (Å²) in [6.45, 7) is 33.0. The normalized spacial score (nSPS) is 10.9. The van der Waals surface area contributed by atoms with Crippen LogP contribution < -0.4 is 28.3 Å². The third kappa shape index (κ3) is 43.7. The Labute approximate surface area is 575 Å². The summed E-state index contributed by atoms with van der Waals surface area (Å²) in [5, 5.41) is 26.1. The number of aryl methyl sites for hydroxylation is 4. The van der Waals surface area contributed by atoms with Crippen molar-refractivity contribution >= 4 is 142 Å². The molecule has 34 heteroatoms. The molecule has 9 N–H and O–H groups in total. The molecule has 0 unspecified atom stereocenters. The van der Waals surface area contributed by atoms with E-state index in [0.29, 0.717) is 45.9 Å². The number of nitrogens with one attached hydrogen (secondary N) is 1. The van der Waals surface area contributed by atoms with Crippen LogP contribution in [0, 0.1) is 45.4 Å². The average molecular weight is 1450 g/mol. The Morgan fingerprint density at radius 1 is 0.533 bits per heavy atom. The molecule has 0 atom stereocenters. The van der Waals surface area contributed by atoms with Crippen molar-refractivity contribution in [1.29, 1.82) is 0 Å². The minimum absolute atomic E-state index is 0. The van der Waals surface area contributed by atoms with Gasteiger partial charge < -0.3 is 28.3 Å². The predicted molar refractivity (Wildman–Crippen MR) is 388 cm³/mol. The van der Waals surface area contributed by atoms with Gasteiger partial charge in [0.15, 0.2) is 29.1 Å². The summed E-state index contributed by atoms with van der Waals surface area (Å²) in [6.07, 6.45) is 0. The van der Waals surface area contributed by atoms with E-state index in [1.807, 2.05) is 162 Å². The van der Waals surface area contributed by atoms with Crippen molar-refractivity contribution in [3.05, 3.63) is 154 Å². The Balaban J connectivity index is 0. The number of carbonyl (C=O) groups excluding carboxylic acids is 2. The molecule has 92 heavy (non-hydrogen) atoms. The van der Waals surface area contributed by atoms with Crippen LogP contribution in [0.25, 0.3) is 22.1 Å². The molecular formula is C58H87Cl7N23O2PSi. The Kier molecular flexibility index (Phi) is 41.5. The first-order chi connectivity index (χ1) is 42.1. The van der Waals surface area contributed by atoms with Crippen LogP contribution in [-0.4, -0.2) is 94.9 Å². The number of aromatic nitrogens is 14. The molecule has 8 heterocycles. The molecule has 0 aromatic carbocycles. The monoisotopic (exact) mass is 1440 g/mol. The van der Waals surface area contributed by atoms with E-state index in [9.17, 15) is 9.59 Å². The summed E-state index contributed by atoms with van der Waals surface area (Å²) >= 11 is 35.8. The average Bonchev–Trinajstić information content (AvgIpc) is 1.74. The predicted octanol–water partition coefficient (Wildman–Crippen LogP) is 17.3. The minimum Gasteiger partial charge on any atom is -0.384 e. The van der Waals surface area contributed by atoms with E-state index in [-0.39, 0.29) is 48.2 Å². The van der Waals surface area contributed by atoms with Crippen molar-refractivity contribution in [3.63, 3.8) is 0 Å². The molecule has 0 spiro atoms. The van der Waals surface area contributed by atoms with Gasteiger partial charge in [0.2, 0.25) is 11.1 Å². The van der Waals surface area contributed by atoms with Gasteiger partial charge in [-0.25, -0.2) is 34.9 Å². The third-order valence-corrected chi connectivity index (χ3v) is 11.5. The Morgan fingerprint density at radius 3 is 1.20 bits per heavy atom. The minimum atomic E-state index is -3.69. The third-order valence-electron chi connectivity index (χ3n) is 9.82. The molecule has 8 rings (SSSR count).